The largest absolute Gasteiger partial charge is 0.217 e. The van der Waals surface area contributed by atoms with Crippen LogP contribution < -0.4 is 0 Å². The zero-order valence-corrected chi connectivity index (χ0v) is 7.94. The lowest BCUT2D eigenvalue weighted by Gasteiger charge is -1.91. The lowest BCUT2D eigenvalue weighted by Crippen LogP contribution is -1.94. The molecule has 0 saturated carbocycles. The van der Waals surface area contributed by atoms with Gasteiger partial charge in [0.05, 0.1) is 29.1 Å². The second kappa shape index (κ2) is 3.01. The Morgan fingerprint density at radius 1 is 1.33 bits per heavy atom. The fourth-order valence-electron chi connectivity index (χ4n) is 0.726. The van der Waals surface area contributed by atoms with Gasteiger partial charge in [0.2, 0.25) is 5.82 Å². The zero-order valence-electron chi connectivity index (χ0n) is 5.61. The van der Waals surface area contributed by atoms with Gasteiger partial charge in [0.1, 0.15) is 0 Å². The summed E-state index contributed by atoms with van der Waals surface area (Å²) in [6.07, 6.45) is 3.13. The van der Waals surface area contributed by atoms with Gasteiger partial charge in [0.25, 0.3) is 0 Å². The predicted octanol–water partition coefficient (Wildman–Crippen LogP) is 2.03. The summed E-state index contributed by atoms with van der Waals surface area (Å²) in [5, 5.41) is 4.80. The van der Waals surface area contributed by atoms with Crippen LogP contribution in [-0.2, 0) is 0 Å². The van der Waals surface area contributed by atoms with E-state index in [1.807, 2.05) is 0 Å². The van der Waals surface area contributed by atoms with Crippen LogP contribution in [-0.4, -0.2) is 18.5 Å². The van der Waals surface area contributed by atoms with Gasteiger partial charge in [-0.3, -0.25) is 0 Å². The maximum atomic E-state index is 5.72. The molecule has 0 N–H and O–H groups in total. The topological polar surface area (TPSA) is 43.6 Å². The highest BCUT2D eigenvalue weighted by molar-refractivity contribution is 6.99. The highest BCUT2D eigenvalue weighted by Crippen LogP contribution is 2.17. The molecule has 0 aliphatic rings. The summed E-state index contributed by atoms with van der Waals surface area (Å²) in [6, 6.07) is 0. The number of rotatable bonds is 1. The molecule has 2 aromatic rings. The molecule has 0 bridgehead atoms. The van der Waals surface area contributed by atoms with Crippen molar-refractivity contribution in [3.05, 3.63) is 22.6 Å². The third kappa shape index (κ3) is 1.31. The van der Waals surface area contributed by atoms with Crippen LogP contribution in [0.5, 0.6) is 0 Å². The summed E-state index contributed by atoms with van der Waals surface area (Å²) in [7, 11) is 0. The second-order valence-corrected chi connectivity index (χ2v) is 3.30. The number of nitrogens with zero attached hydrogens (tertiary/aromatic N) is 4. The van der Waals surface area contributed by atoms with Crippen LogP contribution >= 0.6 is 34.9 Å². The Balaban J connectivity index is 2.50. The third-order valence-electron chi connectivity index (χ3n) is 1.20. The molecule has 0 radical (unpaired) electrons. The molecule has 0 fully saturated rings. The Labute approximate surface area is 82.1 Å². The average Bonchev–Trinajstić information content (AvgIpc) is 2.58. The third-order valence-corrected chi connectivity index (χ3v) is 2.27. The minimum atomic E-state index is 0.333. The molecule has 12 heavy (non-hydrogen) atoms. The summed E-state index contributed by atoms with van der Waals surface area (Å²) in [5.41, 5.74) is 0. The molecule has 0 saturated heterocycles. The fourth-order valence-corrected chi connectivity index (χ4v) is 1.58. The molecule has 2 rings (SSSR count). The van der Waals surface area contributed by atoms with Crippen molar-refractivity contribution in [2.45, 2.75) is 0 Å². The lowest BCUT2D eigenvalue weighted by atomic mass is 10.7. The Kier molecular flexibility index (Phi) is 2.00. The number of hydrogen-bond donors (Lipinski definition) is 0. The van der Waals surface area contributed by atoms with E-state index >= 15 is 0 Å². The standard InChI is InChI=1S/C5H2Cl2N4S/c6-3-1-8-11(2-3)5-4(7)9-12-10-5/h1-2H. The van der Waals surface area contributed by atoms with Gasteiger partial charge in [-0.2, -0.15) is 13.8 Å². The van der Waals surface area contributed by atoms with Crippen molar-refractivity contribution in [3.63, 3.8) is 0 Å². The van der Waals surface area contributed by atoms with Gasteiger partial charge in [-0.05, 0) is 0 Å². The number of aromatic nitrogens is 4. The van der Waals surface area contributed by atoms with E-state index in [1.54, 1.807) is 6.20 Å². The van der Waals surface area contributed by atoms with Crippen LogP contribution in [0, 0.1) is 0 Å². The minimum absolute atomic E-state index is 0.333. The molecule has 7 heteroatoms. The molecular formula is C5H2Cl2N4S. The molecule has 0 aliphatic heterocycles. The van der Waals surface area contributed by atoms with Crippen LogP contribution in [0.4, 0.5) is 0 Å². The highest BCUT2D eigenvalue weighted by atomic mass is 35.5. The van der Waals surface area contributed by atoms with E-state index in [0.29, 0.717) is 16.0 Å². The summed E-state index contributed by atoms with van der Waals surface area (Å²) in [5.74, 6) is 0.508. The van der Waals surface area contributed by atoms with E-state index in [2.05, 4.69) is 13.8 Å². The van der Waals surface area contributed by atoms with Crippen molar-refractivity contribution >= 4 is 34.9 Å². The minimum Gasteiger partial charge on any atom is -0.217 e. The normalized spacial score (nSPS) is 10.5. The molecule has 0 unspecified atom stereocenters. The first-order valence-electron chi connectivity index (χ1n) is 2.96. The fraction of sp³-hybridized carbons (Fsp3) is 0. The van der Waals surface area contributed by atoms with E-state index in [9.17, 15) is 0 Å². The smallest absolute Gasteiger partial charge is 0.206 e. The first-order chi connectivity index (χ1) is 5.77. The number of halogens is 2. The molecule has 0 aromatic carbocycles. The quantitative estimate of drug-likeness (QED) is 0.739. The molecule has 2 aromatic heterocycles. The molecule has 2 heterocycles. The van der Waals surface area contributed by atoms with Crippen molar-refractivity contribution < 1.29 is 0 Å². The van der Waals surface area contributed by atoms with Crippen molar-refractivity contribution in [2.75, 3.05) is 0 Å². The zero-order chi connectivity index (χ0) is 8.55. The Morgan fingerprint density at radius 2 is 2.17 bits per heavy atom. The van der Waals surface area contributed by atoms with E-state index in [0.717, 1.165) is 11.7 Å². The molecular weight excluding hydrogens is 219 g/mol. The molecule has 0 aliphatic carbocycles. The molecule has 0 atom stereocenters. The van der Waals surface area contributed by atoms with Crippen LogP contribution in [0.15, 0.2) is 12.4 Å². The van der Waals surface area contributed by atoms with E-state index in [-0.39, 0.29) is 0 Å². The Hall–Kier alpha value is -0.650. The first kappa shape index (κ1) is 7.97. The van der Waals surface area contributed by atoms with Crippen LogP contribution in [0.2, 0.25) is 10.2 Å². The van der Waals surface area contributed by atoms with Gasteiger partial charge in [-0.1, -0.05) is 23.2 Å². The van der Waals surface area contributed by atoms with E-state index in [1.165, 1.54) is 10.9 Å². The van der Waals surface area contributed by atoms with Gasteiger partial charge in [0, 0.05) is 0 Å². The Morgan fingerprint density at radius 3 is 2.67 bits per heavy atom. The molecule has 0 spiro atoms. The van der Waals surface area contributed by atoms with Crippen LogP contribution in [0.25, 0.3) is 5.82 Å². The average molecular weight is 221 g/mol. The van der Waals surface area contributed by atoms with Gasteiger partial charge in [0.15, 0.2) is 5.15 Å². The maximum absolute atomic E-state index is 5.72. The van der Waals surface area contributed by atoms with Gasteiger partial charge in [-0.25, -0.2) is 4.68 Å². The Bertz CT molecular complexity index is 396. The SMILES string of the molecule is Clc1cnn(-c2nsnc2Cl)c1. The summed E-state index contributed by atoms with van der Waals surface area (Å²) in [6.45, 7) is 0. The summed E-state index contributed by atoms with van der Waals surface area (Å²) >= 11 is 12.4. The molecule has 62 valence electrons. The monoisotopic (exact) mass is 220 g/mol. The van der Waals surface area contributed by atoms with Crippen molar-refractivity contribution in [1.29, 1.82) is 0 Å². The van der Waals surface area contributed by atoms with Crippen LogP contribution in [0.1, 0.15) is 0 Å². The van der Waals surface area contributed by atoms with Crippen molar-refractivity contribution in [1.82, 2.24) is 18.5 Å². The summed E-state index contributed by atoms with van der Waals surface area (Å²) in [4.78, 5) is 0. The van der Waals surface area contributed by atoms with Gasteiger partial charge < -0.3 is 0 Å². The van der Waals surface area contributed by atoms with Gasteiger partial charge in [-0.15, -0.1) is 0 Å². The summed E-state index contributed by atoms with van der Waals surface area (Å²) < 4.78 is 9.21. The number of hydrogen-bond acceptors (Lipinski definition) is 4. The molecule has 0 amide bonds. The lowest BCUT2D eigenvalue weighted by molar-refractivity contribution is 0.859. The van der Waals surface area contributed by atoms with E-state index < -0.39 is 0 Å². The first-order valence-corrected chi connectivity index (χ1v) is 4.44. The molecule has 4 nitrogen and oxygen atoms in total. The van der Waals surface area contributed by atoms with E-state index in [4.69, 9.17) is 23.2 Å². The predicted molar refractivity (Wildman–Crippen MR) is 47.1 cm³/mol. The highest BCUT2D eigenvalue weighted by Gasteiger charge is 2.07. The maximum Gasteiger partial charge on any atom is 0.206 e. The van der Waals surface area contributed by atoms with Gasteiger partial charge >= 0.3 is 0 Å². The van der Waals surface area contributed by atoms with Crippen molar-refractivity contribution in [3.8, 4) is 5.82 Å². The van der Waals surface area contributed by atoms with Crippen molar-refractivity contribution in [2.24, 2.45) is 0 Å². The van der Waals surface area contributed by atoms with Crippen LogP contribution in [0.3, 0.4) is 0 Å². The second-order valence-electron chi connectivity index (χ2n) is 1.98.